The van der Waals surface area contributed by atoms with Crippen molar-refractivity contribution < 1.29 is 5.11 Å². The fourth-order valence-corrected chi connectivity index (χ4v) is 1.76. The van der Waals surface area contributed by atoms with E-state index in [1.165, 1.54) is 4.88 Å². The Morgan fingerprint density at radius 2 is 2.08 bits per heavy atom. The lowest BCUT2D eigenvalue weighted by molar-refractivity contribution is 0.0783. The molecule has 0 saturated carbocycles. The largest absolute Gasteiger partial charge is 0.383 e. The number of hydrogen-bond acceptors (Lipinski definition) is 3. The van der Waals surface area contributed by atoms with Crippen molar-refractivity contribution in [3.8, 4) is 0 Å². The highest BCUT2D eigenvalue weighted by atomic mass is 32.1. The third-order valence-corrected chi connectivity index (χ3v) is 3.23. The van der Waals surface area contributed by atoms with Gasteiger partial charge in [0.25, 0.3) is 0 Å². The maximum absolute atomic E-state index is 9.63. The Labute approximate surface area is 77.3 Å². The summed E-state index contributed by atoms with van der Waals surface area (Å²) in [5, 5.41) is 10.4. The first-order chi connectivity index (χ1) is 5.41. The Morgan fingerprint density at radius 1 is 1.50 bits per heavy atom. The first-order valence-electron chi connectivity index (χ1n) is 4.10. The topological polar surface area (TPSA) is 33.1 Å². The van der Waals surface area contributed by atoms with Crippen LogP contribution in [0.1, 0.15) is 43.5 Å². The predicted octanol–water partition coefficient (Wildman–Crippen LogP) is 2.49. The van der Waals surface area contributed by atoms with Crippen molar-refractivity contribution >= 4 is 11.3 Å². The van der Waals surface area contributed by atoms with Crippen LogP contribution in [0.4, 0.5) is 0 Å². The van der Waals surface area contributed by atoms with Crippen molar-refractivity contribution in [1.82, 2.24) is 4.98 Å². The van der Waals surface area contributed by atoms with Crippen LogP contribution in [0.5, 0.6) is 0 Å². The molecule has 0 atom stereocenters. The van der Waals surface area contributed by atoms with E-state index in [4.69, 9.17) is 0 Å². The first kappa shape index (κ1) is 9.68. The minimum absolute atomic E-state index is 0.499. The molecule has 0 bridgehead atoms. The van der Waals surface area contributed by atoms with Gasteiger partial charge in [-0.25, -0.2) is 4.98 Å². The van der Waals surface area contributed by atoms with Gasteiger partial charge in [-0.05, 0) is 19.8 Å². The van der Waals surface area contributed by atoms with Crippen molar-refractivity contribution in [1.29, 1.82) is 0 Å². The molecular weight excluding hydrogens is 170 g/mol. The summed E-state index contributed by atoms with van der Waals surface area (Å²) in [4.78, 5) is 5.41. The van der Waals surface area contributed by atoms with Gasteiger partial charge in [-0.2, -0.15) is 0 Å². The number of thiazole rings is 1. The predicted molar refractivity (Wildman–Crippen MR) is 51.4 cm³/mol. The summed E-state index contributed by atoms with van der Waals surface area (Å²) in [7, 11) is 0. The Balaban J connectivity index is 2.92. The fourth-order valence-electron chi connectivity index (χ4n) is 0.836. The van der Waals surface area contributed by atoms with E-state index in [-0.39, 0.29) is 0 Å². The van der Waals surface area contributed by atoms with E-state index in [1.807, 2.05) is 6.20 Å². The summed E-state index contributed by atoms with van der Waals surface area (Å²) in [6, 6.07) is 0. The third-order valence-electron chi connectivity index (χ3n) is 1.62. The van der Waals surface area contributed by atoms with Crippen molar-refractivity contribution in [3.05, 3.63) is 16.1 Å². The molecule has 1 heterocycles. The molecule has 1 rings (SSSR count). The van der Waals surface area contributed by atoms with Gasteiger partial charge in [-0.3, -0.25) is 0 Å². The van der Waals surface area contributed by atoms with Crippen LogP contribution in [0.25, 0.3) is 0 Å². The molecule has 1 aromatic rings. The van der Waals surface area contributed by atoms with Gasteiger partial charge in [-0.1, -0.05) is 13.8 Å². The molecule has 1 aromatic heterocycles. The monoisotopic (exact) mass is 185 g/mol. The zero-order valence-electron chi connectivity index (χ0n) is 7.96. The smallest absolute Gasteiger partial charge is 0.124 e. The summed E-state index contributed by atoms with van der Waals surface area (Å²) >= 11 is 1.59. The minimum atomic E-state index is -0.794. The molecule has 0 aliphatic rings. The lowest BCUT2D eigenvalue weighted by atomic mass is 10.2. The SMILES string of the molecule is CC(C)c1cnc(C(C)(C)O)s1. The van der Waals surface area contributed by atoms with Gasteiger partial charge < -0.3 is 5.11 Å². The average Bonchev–Trinajstić information content (AvgIpc) is 2.30. The third kappa shape index (κ3) is 2.05. The maximum atomic E-state index is 9.63. The van der Waals surface area contributed by atoms with Gasteiger partial charge in [-0.15, -0.1) is 11.3 Å². The Bertz CT molecular complexity index is 260. The number of hydrogen-bond donors (Lipinski definition) is 1. The molecule has 0 aromatic carbocycles. The standard InChI is InChI=1S/C9H15NOS/c1-6(2)7-5-10-8(12-7)9(3,4)11/h5-6,11H,1-4H3. The molecule has 0 aliphatic heterocycles. The molecule has 12 heavy (non-hydrogen) atoms. The second-order valence-corrected chi connectivity index (χ2v) is 4.84. The number of aliphatic hydroxyl groups is 1. The van der Waals surface area contributed by atoms with Crippen LogP contribution in [0, 0.1) is 0 Å². The van der Waals surface area contributed by atoms with E-state index < -0.39 is 5.60 Å². The second-order valence-electron chi connectivity index (χ2n) is 3.78. The number of nitrogens with zero attached hydrogens (tertiary/aromatic N) is 1. The van der Waals surface area contributed by atoms with Crippen LogP contribution in [-0.4, -0.2) is 10.1 Å². The summed E-state index contributed by atoms with van der Waals surface area (Å²) < 4.78 is 0. The van der Waals surface area contributed by atoms with Gasteiger partial charge in [0.15, 0.2) is 0 Å². The summed E-state index contributed by atoms with van der Waals surface area (Å²) in [6.07, 6.45) is 1.85. The van der Waals surface area contributed by atoms with Crippen molar-refractivity contribution in [3.63, 3.8) is 0 Å². The Kier molecular flexibility index (Phi) is 2.54. The average molecular weight is 185 g/mol. The lowest BCUT2D eigenvalue weighted by Crippen LogP contribution is -2.14. The van der Waals surface area contributed by atoms with Crippen molar-refractivity contribution in [2.24, 2.45) is 0 Å². The maximum Gasteiger partial charge on any atom is 0.124 e. The molecule has 0 amide bonds. The van der Waals surface area contributed by atoms with Gasteiger partial charge in [0.2, 0.25) is 0 Å². The van der Waals surface area contributed by atoms with Gasteiger partial charge in [0.1, 0.15) is 10.6 Å². The molecule has 0 spiro atoms. The van der Waals surface area contributed by atoms with E-state index in [2.05, 4.69) is 18.8 Å². The fraction of sp³-hybridized carbons (Fsp3) is 0.667. The highest BCUT2D eigenvalue weighted by molar-refractivity contribution is 7.11. The second kappa shape index (κ2) is 3.15. The summed E-state index contributed by atoms with van der Waals surface area (Å²) in [5.41, 5.74) is -0.794. The molecule has 0 aliphatic carbocycles. The molecule has 0 fully saturated rings. The molecule has 68 valence electrons. The van der Waals surface area contributed by atoms with Crippen molar-refractivity contribution in [2.75, 3.05) is 0 Å². The number of aromatic nitrogens is 1. The van der Waals surface area contributed by atoms with E-state index in [9.17, 15) is 5.11 Å². The summed E-state index contributed by atoms with van der Waals surface area (Å²) in [6.45, 7) is 7.77. The van der Waals surface area contributed by atoms with E-state index >= 15 is 0 Å². The highest BCUT2D eigenvalue weighted by Crippen LogP contribution is 2.28. The molecule has 2 nitrogen and oxygen atoms in total. The van der Waals surface area contributed by atoms with Gasteiger partial charge in [0, 0.05) is 11.1 Å². The lowest BCUT2D eigenvalue weighted by Gasteiger charge is -2.12. The van der Waals surface area contributed by atoms with Crippen LogP contribution in [-0.2, 0) is 5.60 Å². The van der Waals surface area contributed by atoms with E-state index in [0.29, 0.717) is 5.92 Å². The van der Waals surface area contributed by atoms with E-state index in [1.54, 1.807) is 25.2 Å². The number of rotatable bonds is 2. The molecule has 0 unspecified atom stereocenters. The summed E-state index contributed by atoms with van der Waals surface area (Å²) in [5.74, 6) is 0.499. The van der Waals surface area contributed by atoms with Crippen LogP contribution in [0.3, 0.4) is 0 Å². The molecule has 1 N–H and O–H groups in total. The van der Waals surface area contributed by atoms with E-state index in [0.717, 1.165) is 5.01 Å². The van der Waals surface area contributed by atoms with Gasteiger partial charge in [0.05, 0.1) is 0 Å². The minimum Gasteiger partial charge on any atom is -0.383 e. The Hall–Kier alpha value is -0.410. The van der Waals surface area contributed by atoms with Crippen LogP contribution in [0.2, 0.25) is 0 Å². The van der Waals surface area contributed by atoms with Crippen LogP contribution in [0.15, 0.2) is 6.20 Å². The zero-order chi connectivity index (χ0) is 9.35. The zero-order valence-corrected chi connectivity index (χ0v) is 8.77. The first-order valence-corrected chi connectivity index (χ1v) is 4.91. The van der Waals surface area contributed by atoms with Crippen LogP contribution < -0.4 is 0 Å². The normalized spacial score (nSPS) is 12.5. The molecule has 3 heteroatoms. The quantitative estimate of drug-likeness (QED) is 0.768. The highest BCUT2D eigenvalue weighted by Gasteiger charge is 2.20. The van der Waals surface area contributed by atoms with Gasteiger partial charge >= 0.3 is 0 Å². The molecule has 0 radical (unpaired) electrons. The Morgan fingerprint density at radius 3 is 2.33 bits per heavy atom. The van der Waals surface area contributed by atoms with Crippen molar-refractivity contribution in [2.45, 2.75) is 39.2 Å². The molecular formula is C9H15NOS. The van der Waals surface area contributed by atoms with Crippen LogP contribution >= 0.6 is 11.3 Å². The molecule has 0 saturated heterocycles.